The van der Waals surface area contributed by atoms with Crippen molar-refractivity contribution in [2.45, 2.75) is 52.5 Å². The standard InChI is InChI=1S/C12H22ClN3S/c1-8(2)9(6-7-13)14-11-15-10(16-17-11)12(3,4)5/h8-9H,6-7H2,1-5H3,(H,14,15,16). The van der Waals surface area contributed by atoms with Gasteiger partial charge in [-0.05, 0) is 12.3 Å². The van der Waals surface area contributed by atoms with E-state index in [-0.39, 0.29) is 5.41 Å². The van der Waals surface area contributed by atoms with Crippen molar-refractivity contribution in [1.29, 1.82) is 0 Å². The van der Waals surface area contributed by atoms with Crippen LogP contribution < -0.4 is 5.32 Å². The summed E-state index contributed by atoms with van der Waals surface area (Å²) in [5, 5.41) is 4.33. The molecule has 0 radical (unpaired) electrons. The zero-order chi connectivity index (χ0) is 13.1. The Hall–Kier alpha value is -0.350. The van der Waals surface area contributed by atoms with Gasteiger partial charge in [0.1, 0.15) is 5.82 Å². The third kappa shape index (κ3) is 4.43. The van der Waals surface area contributed by atoms with E-state index in [2.05, 4.69) is 49.3 Å². The maximum Gasteiger partial charge on any atom is 0.202 e. The second-order valence-corrected chi connectivity index (χ2v) is 6.78. The summed E-state index contributed by atoms with van der Waals surface area (Å²) in [5.41, 5.74) is 0.0102. The Morgan fingerprint density at radius 1 is 1.35 bits per heavy atom. The van der Waals surface area contributed by atoms with Crippen LogP contribution in [0.15, 0.2) is 0 Å². The van der Waals surface area contributed by atoms with Gasteiger partial charge in [0, 0.05) is 28.9 Å². The Balaban J connectivity index is 2.70. The predicted octanol–water partition coefficient (Wildman–Crippen LogP) is 3.90. The first-order valence-electron chi connectivity index (χ1n) is 6.01. The maximum absolute atomic E-state index is 5.81. The van der Waals surface area contributed by atoms with Gasteiger partial charge < -0.3 is 5.32 Å². The van der Waals surface area contributed by atoms with Crippen molar-refractivity contribution in [3.8, 4) is 0 Å². The minimum Gasteiger partial charge on any atom is -0.357 e. The Morgan fingerprint density at radius 2 is 2.00 bits per heavy atom. The molecule has 1 unspecified atom stereocenters. The number of nitrogens with one attached hydrogen (secondary N) is 1. The van der Waals surface area contributed by atoms with E-state index in [1.54, 1.807) is 0 Å². The molecule has 98 valence electrons. The van der Waals surface area contributed by atoms with Crippen LogP contribution in [-0.2, 0) is 5.41 Å². The molecule has 1 heterocycles. The smallest absolute Gasteiger partial charge is 0.202 e. The van der Waals surface area contributed by atoms with E-state index in [9.17, 15) is 0 Å². The fourth-order valence-electron chi connectivity index (χ4n) is 1.44. The van der Waals surface area contributed by atoms with E-state index in [1.165, 1.54) is 11.5 Å². The zero-order valence-electron chi connectivity index (χ0n) is 11.2. The van der Waals surface area contributed by atoms with Crippen LogP contribution in [0.25, 0.3) is 0 Å². The molecule has 1 aromatic heterocycles. The monoisotopic (exact) mass is 275 g/mol. The van der Waals surface area contributed by atoms with Crippen molar-refractivity contribution in [2.75, 3.05) is 11.2 Å². The number of rotatable bonds is 5. The van der Waals surface area contributed by atoms with Crippen molar-refractivity contribution >= 4 is 28.3 Å². The summed E-state index contributed by atoms with van der Waals surface area (Å²) in [6, 6.07) is 0.369. The normalized spacial score (nSPS) is 14.1. The summed E-state index contributed by atoms with van der Waals surface area (Å²) in [6.07, 6.45) is 0.948. The molecule has 1 rings (SSSR count). The Bertz CT molecular complexity index is 344. The van der Waals surface area contributed by atoms with Gasteiger partial charge >= 0.3 is 0 Å². The van der Waals surface area contributed by atoms with Gasteiger partial charge in [-0.15, -0.1) is 11.6 Å². The number of hydrogen-bond acceptors (Lipinski definition) is 4. The van der Waals surface area contributed by atoms with Gasteiger partial charge in [0.2, 0.25) is 5.13 Å². The van der Waals surface area contributed by atoms with Crippen molar-refractivity contribution < 1.29 is 0 Å². The second-order valence-electron chi connectivity index (χ2n) is 5.65. The highest BCUT2D eigenvalue weighted by molar-refractivity contribution is 7.09. The first kappa shape index (κ1) is 14.7. The summed E-state index contributed by atoms with van der Waals surface area (Å²) in [5.74, 6) is 2.11. The van der Waals surface area contributed by atoms with E-state index in [1.807, 2.05) is 0 Å². The third-order valence-electron chi connectivity index (χ3n) is 2.63. The first-order valence-corrected chi connectivity index (χ1v) is 7.32. The molecular formula is C12H22ClN3S. The Morgan fingerprint density at radius 3 is 2.41 bits per heavy atom. The second kappa shape index (κ2) is 6.01. The molecule has 0 spiro atoms. The number of anilines is 1. The van der Waals surface area contributed by atoms with Crippen molar-refractivity contribution in [2.24, 2.45) is 5.92 Å². The number of nitrogens with zero attached hydrogens (tertiary/aromatic N) is 2. The van der Waals surface area contributed by atoms with Crippen LogP contribution in [0.2, 0.25) is 0 Å². The molecule has 3 nitrogen and oxygen atoms in total. The first-order chi connectivity index (χ1) is 7.84. The lowest BCUT2D eigenvalue weighted by molar-refractivity contribution is 0.511. The largest absolute Gasteiger partial charge is 0.357 e. The minimum atomic E-state index is 0.0102. The molecule has 0 aliphatic carbocycles. The minimum absolute atomic E-state index is 0.0102. The Labute approximate surface area is 113 Å². The van der Waals surface area contributed by atoms with Crippen LogP contribution >= 0.6 is 23.1 Å². The zero-order valence-corrected chi connectivity index (χ0v) is 12.8. The fraction of sp³-hybridized carbons (Fsp3) is 0.833. The lowest BCUT2D eigenvalue weighted by Gasteiger charge is -2.20. The highest BCUT2D eigenvalue weighted by Gasteiger charge is 2.21. The van der Waals surface area contributed by atoms with E-state index in [4.69, 9.17) is 11.6 Å². The molecule has 1 atom stereocenters. The average molecular weight is 276 g/mol. The molecule has 0 amide bonds. The highest BCUT2D eigenvalue weighted by Crippen LogP contribution is 2.24. The molecule has 0 fully saturated rings. The van der Waals surface area contributed by atoms with Gasteiger partial charge in [-0.1, -0.05) is 34.6 Å². The molecule has 1 N–H and O–H groups in total. The SMILES string of the molecule is CC(C)C(CCCl)Nc1nc(C(C)(C)C)ns1. The lowest BCUT2D eigenvalue weighted by Crippen LogP contribution is -2.26. The Kier molecular flexibility index (Phi) is 5.20. The summed E-state index contributed by atoms with van der Waals surface area (Å²) in [6.45, 7) is 10.7. The van der Waals surface area contributed by atoms with E-state index in [0.717, 1.165) is 17.4 Å². The van der Waals surface area contributed by atoms with Crippen LogP contribution in [0.1, 0.15) is 46.9 Å². The third-order valence-corrected chi connectivity index (χ3v) is 3.50. The molecule has 17 heavy (non-hydrogen) atoms. The van der Waals surface area contributed by atoms with E-state index < -0.39 is 0 Å². The number of alkyl halides is 1. The predicted molar refractivity (Wildman–Crippen MR) is 76.2 cm³/mol. The van der Waals surface area contributed by atoms with Gasteiger partial charge in [0.15, 0.2) is 0 Å². The van der Waals surface area contributed by atoms with Crippen LogP contribution in [-0.4, -0.2) is 21.3 Å². The molecule has 1 aromatic rings. The highest BCUT2D eigenvalue weighted by atomic mass is 35.5. The molecular weight excluding hydrogens is 254 g/mol. The maximum atomic E-state index is 5.81. The number of aromatic nitrogens is 2. The molecule has 0 bridgehead atoms. The quantitative estimate of drug-likeness (QED) is 0.828. The van der Waals surface area contributed by atoms with Gasteiger partial charge in [0.25, 0.3) is 0 Å². The van der Waals surface area contributed by atoms with E-state index in [0.29, 0.717) is 17.8 Å². The van der Waals surface area contributed by atoms with Crippen LogP contribution in [0.5, 0.6) is 0 Å². The van der Waals surface area contributed by atoms with Gasteiger partial charge in [-0.25, -0.2) is 4.98 Å². The van der Waals surface area contributed by atoms with Gasteiger partial charge in [0.05, 0.1) is 0 Å². The topological polar surface area (TPSA) is 37.8 Å². The molecule has 0 aliphatic heterocycles. The number of halogens is 1. The van der Waals surface area contributed by atoms with Crippen molar-refractivity contribution in [3.05, 3.63) is 5.82 Å². The van der Waals surface area contributed by atoms with Crippen molar-refractivity contribution in [1.82, 2.24) is 9.36 Å². The molecule has 0 saturated heterocycles. The molecule has 0 aliphatic rings. The van der Waals surface area contributed by atoms with Crippen molar-refractivity contribution in [3.63, 3.8) is 0 Å². The van der Waals surface area contributed by atoms with Gasteiger partial charge in [-0.2, -0.15) is 4.37 Å². The van der Waals surface area contributed by atoms with Crippen LogP contribution in [0, 0.1) is 5.92 Å². The van der Waals surface area contributed by atoms with Gasteiger partial charge in [-0.3, -0.25) is 0 Å². The lowest BCUT2D eigenvalue weighted by atomic mass is 9.96. The average Bonchev–Trinajstić information content (AvgIpc) is 2.64. The molecule has 5 heteroatoms. The van der Waals surface area contributed by atoms with Crippen LogP contribution in [0.4, 0.5) is 5.13 Å². The summed E-state index contributed by atoms with van der Waals surface area (Å²) in [4.78, 5) is 4.54. The summed E-state index contributed by atoms with van der Waals surface area (Å²) in [7, 11) is 0. The van der Waals surface area contributed by atoms with Crippen LogP contribution in [0.3, 0.4) is 0 Å². The summed E-state index contributed by atoms with van der Waals surface area (Å²) < 4.78 is 4.40. The number of hydrogen-bond donors (Lipinski definition) is 1. The fourth-order valence-corrected chi connectivity index (χ4v) is 2.49. The summed E-state index contributed by atoms with van der Waals surface area (Å²) >= 11 is 7.24. The molecule has 0 saturated carbocycles. The van der Waals surface area contributed by atoms with E-state index >= 15 is 0 Å². The molecule has 0 aromatic carbocycles.